The molecule has 0 saturated heterocycles. The van der Waals surface area contributed by atoms with Crippen molar-refractivity contribution in [2.24, 2.45) is 0 Å². The second-order valence-corrected chi connectivity index (χ2v) is 20.4. The van der Waals surface area contributed by atoms with Crippen LogP contribution in [0.1, 0.15) is 303 Å². The number of carbonyl (C=O) groups is 1. The molecule has 69 heavy (non-hydrogen) atoms. The van der Waals surface area contributed by atoms with Crippen molar-refractivity contribution in [3.63, 3.8) is 0 Å². The molecule has 0 aliphatic rings. The lowest BCUT2D eigenvalue weighted by Gasteiger charge is -2.22. The average molecular weight is 961 g/mol. The topological polar surface area (TPSA) is 69.6 Å². The van der Waals surface area contributed by atoms with E-state index >= 15 is 0 Å². The largest absolute Gasteiger partial charge is 0.394 e. The number of rotatable bonds is 55. The van der Waals surface area contributed by atoms with Gasteiger partial charge < -0.3 is 15.5 Å². The molecule has 0 aromatic carbocycles. The molecule has 0 aliphatic heterocycles. The fourth-order valence-corrected chi connectivity index (χ4v) is 9.11. The molecular formula is C65H117NO3. The normalized spacial score (nSPS) is 13.4. The highest BCUT2D eigenvalue weighted by Crippen LogP contribution is 2.18. The van der Waals surface area contributed by atoms with Crippen molar-refractivity contribution in [1.82, 2.24) is 5.32 Å². The van der Waals surface area contributed by atoms with Gasteiger partial charge in [-0.05, 0) is 70.6 Å². The Balaban J connectivity index is 3.52. The Kier molecular flexibility index (Phi) is 57.8. The Hall–Kier alpha value is -2.43. The van der Waals surface area contributed by atoms with Crippen molar-refractivity contribution < 1.29 is 15.0 Å². The van der Waals surface area contributed by atoms with Gasteiger partial charge in [0.1, 0.15) is 0 Å². The fraction of sp³-hybridized carbons (Fsp3) is 0.769. The number of allylic oxidation sites excluding steroid dienone is 14. The summed E-state index contributed by atoms with van der Waals surface area (Å²) in [6, 6.07) is -0.555. The molecule has 0 rings (SSSR count). The molecule has 2 atom stereocenters. The summed E-state index contributed by atoms with van der Waals surface area (Å²) in [6.07, 6.45) is 87.3. The van der Waals surface area contributed by atoms with Gasteiger partial charge in [-0.15, -0.1) is 0 Å². The molecule has 0 aromatic heterocycles. The number of aliphatic hydroxyl groups excluding tert-OH is 2. The van der Waals surface area contributed by atoms with Gasteiger partial charge in [0.05, 0.1) is 18.8 Å². The Morgan fingerprint density at radius 1 is 0.362 bits per heavy atom. The van der Waals surface area contributed by atoms with E-state index in [1.807, 2.05) is 0 Å². The number of aliphatic hydroxyl groups is 2. The zero-order valence-corrected chi connectivity index (χ0v) is 46.1. The lowest BCUT2D eigenvalue weighted by molar-refractivity contribution is -0.123. The molecule has 0 radical (unpaired) electrons. The van der Waals surface area contributed by atoms with E-state index in [1.54, 1.807) is 0 Å². The Morgan fingerprint density at radius 2 is 0.638 bits per heavy atom. The monoisotopic (exact) mass is 960 g/mol. The predicted octanol–water partition coefficient (Wildman–Crippen LogP) is 20.3. The summed E-state index contributed by atoms with van der Waals surface area (Å²) < 4.78 is 0. The van der Waals surface area contributed by atoms with Crippen molar-refractivity contribution in [2.75, 3.05) is 6.61 Å². The maximum Gasteiger partial charge on any atom is 0.220 e. The molecule has 0 aliphatic carbocycles. The van der Waals surface area contributed by atoms with Crippen molar-refractivity contribution in [3.8, 4) is 0 Å². The van der Waals surface area contributed by atoms with Crippen LogP contribution >= 0.6 is 0 Å². The molecule has 0 fully saturated rings. The molecule has 400 valence electrons. The SMILES string of the molecule is CC/C=C\C/C=C\C/C=C\C/C=C\C/C=C\C/C=C\C/C=C\CCCCCCCC(=O)NC(CO)C(O)CCCCCCCCCCCCCCCCCCCCCCCCCCCCCCCC. The zero-order chi connectivity index (χ0) is 49.9. The molecule has 1 amide bonds. The van der Waals surface area contributed by atoms with Gasteiger partial charge >= 0.3 is 0 Å². The highest BCUT2D eigenvalue weighted by atomic mass is 16.3. The van der Waals surface area contributed by atoms with Gasteiger partial charge in [0.25, 0.3) is 0 Å². The van der Waals surface area contributed by atoms with Gasteiger partial charge in [0.2, 0.25) is 5.91 Å². The summed E-state index contributed by atoms with van der Waals surface area (Å²) in [4.78, 5) is 12.5. The number of nitrogens with one attached hydrogen (secondary N) is 1. The zero-order valence-electron chi connectivity index (χ0n) is 46.1. The molecule has 2 unspecified atom stereocenters. The van der Waals surface area contributed by atoms with Crippen LogP contribution in [0.2, 0.25) is 0 Å². The van der Waals surface area contributed by atoms with Gasteiger partial charge in [-0.2, -0.15) is 0 Å². The van der Waals surface area contributed by atoms with E-state index in [2.05, 4.69) is 104 Å². The lowest BCUT2D eigenvalue weighted by atomic mass is 10.0. The smallest absolute Gasteiger partial charge is 0.220 e. The molecule has 0 spiro atoms. The third kappa shape index (κ3) is 56.4. The molecule has 0 saturated carbocycles. The van der Waals surface area contributed by atoms with Crippen molar-refractivity contribution in [3.05, 3.63) is 85.1 Å². The molecule has 0 bridgehead atoms. The van der Waals surface area contributed by atoms with Crippen molar-refractivity contribution in [2.45, 2.75) is 315 Å². The molecule has 0 aromatic rings. The first-order valence-electron chi connectivity index (χ1n) is 30.3. The molecule has 4 heteroatoms. The summed E-state index contributed by atoms with van der Waals surface area (Å²) in [6.45, 7) is 4.26. The first kappa shape index (κ1) is 66.6. The number of hydrogen-bond acceptors (Lipinski definition) is 3. The van der Waals surface area contributed by atoms with E-state index in [-0.39, 0.29) is 12.5 Å². The predicted molar refractivity (Wildman–Crippen MR) is 308 cm³/mol. The highest BCUT2D eigenvalue weighted by molar-refractivity contribution is 5.76. The first-order valence-corrected chi connectivity index (χ1v) is 30.3. The van der Waals surface area contributed by atoms with E-state index in [4.69, 9.17) is 0 Å². The Morgan fingerprint density at radius 3 is 0.957 bits per heavy atom. The van der Waals surface area contributed by atoms with E-state index in [0.717, 1.165) is 83.5 Å². The first-order chi connectivity index (χ1) is 34.2. The van der Waals surface area contributed by atoms with Crippen LogP contribution in [0.4, 0.5) is 0 Å². The molecular weight excluding hydrogens is 843 g/mol. The van der Waals surface area contributed by atoms with Gasteiger partial charge in [-0.3, -0.25) is 4.79 Å². The summed E-state index contributed by atoms with van der Waals surface area (Å²) in [5, 5.41) is 23.4. The van der Waals surface area contributed by atoms with Gasteiger partial charge in [-0.25, -0.2) is 0 Å². The second kappa shape index (κ2) is 59.9. The fourth-order valence-electron chi connectivity index (χ4n) is 9.11. The van der Waals surface area contributed by atoms with E-state index in [9.17, 15) is 15.0 Å². The van der Waals surface area contributed by atoms with Crippen LogP contribution < -0.4 is 5.32 Å². The van der Waals surface area contributed by atoms with Crippen LogP contribution in [0.5, 0.6) is 0 Å². The van der Waals surface area contributed by atoms with E-state index in [1.165, 1.54) is 193 Å². The number of unbranched alkanes of at least 4 members (excludes halogenated alkanes) is 34. The maximum absolute atomic E-state index is 12.5. The molecule has 3 N–H and O–H groups in total. The van der Waals surface area contributed by atoms with Gasteiger partial charge in [-0.1, -0.05) is 311 Å². The summed E-state index contributed by atoms with van der Waals surface area (Å²) in [5.41, 5.74) is 0. The summed E-state index contributed by atoms with van der Waals surface area (Å²) >= 11 is 0. The number of amides is 1. The Labute approximate surface area is 431 Å². The third-order valence-corrected chi connectivity index (χ3v) is 13.7. The van der Waals surface area contributed by atoms with Crippen molar-refractivity contribution in [1.29, 1.82) is 0 Å². The van der Waals surface area contributed by atoms with Gasteiger partial charge in [0, 0.05) is 6.42 Å². The summed E-state index contributed by atoms with van der Waals surface area (Å²) in [5.74, 6) is -0.0498. The van der Waals surface area contributed by atoms with Crippen LogP contribution in [-0.4, -0.2) is 34.9 Å². The molecule has 4 nitrogen and oxygen atoms in total. The lowest BCUT2D eigenvalue weighted by Crippen LogP contribution is -2.45. The second-order valence-electron chi connectivity index (χ2n) is 20.4. The third-order valence-electron chi connectivity index (χ3n) is 13.7. The average Bonchev–Trinajstić information content (AvgIpc) is 3.35. The van der Waals surface area contributed by atoms with Gasteiger partial charge in [0.15, 0.2) is 0 Å². The maximum atomic E-state index is 12.5. The van der Waals surface area contributed by atoms with E-state index < -0.39 is 12.1 Å². The minimum Gasteiger partial charge on any atom is -0.394 e. The van der Waals surface area contributed by atoms with Crippen LogP contribution in [-0.2, 0) is 4.79 Å². The van der Waals surface area contributed by atoms with Crippen LogP contribution in [0.25, 0.3) is 0 Å². The van der Waals surface area contributed by atoms with Crippen LogP contribution in [0, 0.1) is 0 Å². The van der Waals surface area contributed by atoms with Crippen LogP contribution in [0.15, 0.2) is 85.1 Å². The standard InChI is InChI=1S/C65H117NO3/c1-3-5-7-9-11-13-15-17-19-21-23-25-27-29-31-32-33-35-36-38-40-42-44-46-48-50-52-54-56-58-60-64(68)63(62-67)66-65(69)61-59-57-55-53-51-49-47-45-43-41-39-37-34-30-28-26-24-22-20-18-16-14-12-10-8-6-4-2/h6,8,12,14,18,20,24,26,30,34,39,41,45,47,63-64,67-68H,3-5,7,9-11,13,15-17,19,21-23,25,27-29,31-33,35-38,40,42-44,46,48-62H2,1-2H3,(H,66,69)/b8-6-,14-12-,20-18-,26-24-,34-30-,41-39-,47-45-. The minimum atomic E-state index is -0.676. The quantitative estimate of drug-likeness (QED) is 0.0420. The molecule has 0 heterocycles. The summed E-state index contributed by atoms with van der Waals surface area (Å²) in [7, 11) is 0. The van der Waals surface area contributed by atoms with Crippen LogP contribution in [0.3, 0.4) is 0 Å². The Bertz CT molecular complexity index is 1230. The highest BCUT2D eigenvalue weighted by Gasteiger charge is 2.20. The van der Waals surface area contributed by atoms with Crippen molar-refractivity contribution >= 4 is 5.91 Å². The number of hydrogen-bond donors (Lipinski definition) is 3. The number of carbonyl (C=O) groups excluding carboxylic acids is 1. The van der Waals surface area contributed by atoms with E-state index in [0.29, 0.717) is 12.8 Å². The minimum absolute atomic E-state index is 0.0498.